The lowest BCUT2D eigenvalue weighted by molar-refractivity contribution is -0.107. The third-order valence-electron chi connectivity index (χ3n) is 2.29. The van der Waals surface area contributed by atoms with Crippen molar-refractivity contribution in [1.29, 1.82) is 0 Å². The molecule has 3 heteroatoms. The van der Waals surface area contributed by atoms with Gasteiger partial charge in [-0.15, -0.1) is 0 Å². The Kier molecular flexibility index (Phi) is 3.22. The standard InChI is InChI=1S/C12H8Br2O/c13-9-5-4-8-2-1-3-10(11(8)6-9)12(14)7-15/h1-7,12H. The van der Waals surface area contributed by atoms with Gasteiger partial charge < -0.3 is 4.79 Å². The van der Waals surface area contributed by atoms with E-state index in [2.05, 4.69) is 31.9 Å². The van der Waals surface area contributed by atoms with Gasteiger partial charge in [0.05, 0.1) is 4.83 Å². The van der Waals surface area contributed by atoms with E-state index in [0.717, 1.165) is 27.1 Å². The second-order valence-corrected chi connectivity index (χ2v) is 5.15. The van der Waals surface area contributed by atoms with E-state index in [1.54, 1.807) is 0 Å². The molecule has 1 nitrogen and oxygen atoms in total. The predicted octanol–water partition coefficient (Wildman–Crippen LogP) is 4.24. The molecule has 0 saturated heterocycles. The first kappa shape index (κ1) is 10.8. The molecular formula is C12H8Br2O. The minimum atomic E-state index is -0.240. The number of hydrogen-bond acceptors (Lipinski definition) is 1. The minimum Gasteiger partial charge on any atom is -0.302 e. The molecule has 0 saturated carbocycles. The summed E-state index contributed by atoms with van der Waals surface area (Å²) in [6.45, 7) is 0. The molecule has 0 aliphatic heterocycles. The van der Waals surface area contributed by atoms with E-state index in [1.807, 2.05) is 36.4 Å². The van der Waals surface area contributed by atoms with Gasteiger partial charge in [-0.05, 0) is 28.5 Å². The summed E-state index contributed by atoms with van der Waals surface area (Å²) in [5, 5.41) is 2.24. The van der Waals surface area contributed by atoms with Crippen molar-refractivity contribution >= 4 is 48.9 Å². The first-order chi connectivity index (χ1) is 7.22. The molecule has 76 valence electrons. The quantitative estimate of drug-likeness (QED) is 0.595. The summed E-state index contributed by atoms with van der Waals surface area (Å²) in [5.41, 5.74) is 1.00. The van der Waals surface area contributed by atoms with E-state index < -0.39 is 0 Å². The largest absolute Gasteiger partial charge is 0.302 e. The van der Waals surface area contributed by atoms with Gasteiger partial charge in [-0.3, -0.25) is 0 Å². The molecular weight excluding hydrogens is 320 g/mol. The van der Waals surface area contributed by atoms with Crippen molar-refractivity contribution in [2.45, 2.75) is 4.83 Å². The number of aldehydes is 1. The van der Waals surface area contributed by atoms with E-state index in [9.17, 15) is 4.79 Å². The molecule has 0 amide bonds. The number of rotatable bonds is 2. The lowest BCUT2D eigenvalue weighted by atomic mass is 10.0. The van der Waals surface area contributed by atoms with E-state index in [0.29, 0.717) is 0 Å². The molecule has 0 fully saturated rings. The number of carbonyl (C=O) groups is 1. The first-order valence-corrected chi connectivity index (χ1v) is 6.21. The molecule has 0 aromatic heterocycles. The monoisotopic (exact) mass is 326 g/mol. The topological polar surface area (TPSA) is 17.1 Å². The third kappa shape index (κ3) is 2.13. The van der Waals surface area contributed by atoms with Crippen LogP contribution in [0.2, 0.25) is 0 Å². The van der Waals surface area contributed by atoms with Crippen LogP contribution >= 0.6 is 31.9 Å². The van der Waals surface area contributed by atoms with Gasteiger partial charge in [-0.2, -0.15) is 0 Å². The molecule has 0 N–H and O–H groups in total. The van der Waals surface area contributed by atoms with Crippen LogP contribution in [0.3, 0.4) is 0 Å². The fourth-order valence-corrected chi connectivity index (χ4v) is 2.34. The highest BCUT2D eigenvalue weighted by Gasteiger charge is 2.09. The summed E-state index contributed by atoms with van der Waals surface area (Å²) >= 11 is 6.78. The van der Waals surface area contributed by atoms with Crippen LogP contribution in [0.25, 0.3) is 10.8 Å². The van der Waals surface area contributed by atoms with Crippen LogP contribution in [0.4, 0.5) is 0 Å². The average molecular weight is 328 g/mol. The van der Waals surface area contributed by atoms with Crippen LogP contribution in [-0.4, -0.2) is 6.29 Å². The zero-order valence-corrected chi connectivity index (χ0v) is 11.0. The highest BCUT2D eigenvalue weighted by atomic mass is 79.9. The molecule has 2 aromatic carbocycles. The van der Waals surface area contributed by atoms with E-state index in [-0.39, 0.29) is 4.83 Å². The van der Waals surface area contributed by atoms with Crippen LogP contribution in [0.5, 0.6) is 0 Å². The number of hydrogen-bond donors (Lipinski definition) is 0. The van der Waals surface area contributed by atoms with Crippen molar-refractivity contribution < 1.29 is 4.79 Å². The van der Waals surface area contributed by atoms with Gasteiger partial charge in [-0.1, -0.05) is 56.1 Å². The predicted molar refractivity (Wildman–Crippen MR) is 69.4 cm³/mol. The Hall–Kier alpha value is -0.670. The fourth-order valence-electron chi connectivity index (χ4n) is 1.58. The van der Waals surface area contributed by atoms with Crippen LogP contribution in [0.1, 0.15) is 10.4 Å². The zero-order valence-electron chi connectivity index (χ0n) is 7.78. The number of benzene rings is 2. The molecule has 2 aromatic rings. The molecule has 1 unspecified atom stereocenters. The number of alkyl halides is 1. The molecule has 15 heavy (non-hydrogen) atoms. The summed E-state index contributed by atoms with van der Waals surface area (Å²) in [6, 6.07) is 12.0. The molecule has 0 aliphatic rings. The summed E-state index contributed by atoms with van der Waals surface area (Å²) in [6.07, 6.45) is 0.898. The Bertz CT molecular complexity index is 508. The first-order valence-electron chi connectivity index (χ1n) is 4.50. The molecule has 0 bridgehead atoms. The van der Waals surface area contributed by atoms with Crippen molar-refractivity contribution in [3.8, 4) is 0 Å². The minimum absolute atomic E-state index is 0.240. The lowest BCUT2D eigenvalue weighted by Crippen LogP contribution is -1.91. The maximum absolute atomic E-state index is 10.8. The van der Waals surface area contributed by atoms with Gasteiger partial charge in [0, 0.05) is 4.47 Å². The highest BCUT2D eigenvalue weighted by Crippen LogP contribution is 2.30. The van der Waals surface area contributed by atoms with Crippen molar-refractivity contribution in [1.82, 2.24) is 0 Å². The maximum atomic E-state index is 10.8. The van der Waals surface area contributed by atoms with E-state index in [4.69, 9.17) is 0 Å². The van der Waals surface area contributed by atoms with Gasteiger partial charge in [0.2, 0.25) is 0 Å². The molecule has 0 radical (unpaired) electrons. The molecule has 1 atom stereocenters. The SMILES string of the molecule is O=CC(Br)c1cccc2ccc(Br)cc12. The maximum Gasteiger partial charge on any atom is 0.138 e. The Morgan fingerprint density at radius 2 is 2.00 bits per heavy atom. The molecule has 0 aliphatic carbocycles. The molecule has 0 spiro atoms. The van der Waals surface area contributed by atoms with E-state index in [1.165, 1.54) is 0 Å². The second-order valence-electron chi connectivity index (χ2n) is 3.25. The average Bonchev–Trinajstić information content (AvgIpc) is 2.27. The van der Waals surface area contributed by atoms with Gasteiger partial charge in [0.15, 0.2) is 0 Å². The summed E-state index contributed by atoms with van der Waals surface area (Å²) in [7, 11) is 0. The van der Waals surface area contributed by atoms with Crippen molar-refractivity contribution in [3.05, 3.63) is 46.4 Å². The van der Waals surface area contributed by atoms with Gasteiger partial charge >= 0.3 is 0 Å². The Balaban J connectivity index is 2.73. The van der Waals surface area contributed by atoms with Crippen molar-refractivity contribution in [3.63, 3.8) is 0 Å². The second kappa shape index (κ2) is 4.45. The van der Waals surface area contributed by atoms with Crippen molar-refractivity contribution in [2.75, 3.05) is 0 Å². The fraction of sp³-hybridized carbons (Fsp3) is 0.0833. The van der Waals surface area contributed by atoms with Gasteiger partial charge in [0.25, 0.3) is 0 Å². The number of carbonyl (C=O) groups excluding carboxylic acids is 1. The number of halogens is 2. The smallest absolute Gasteiger partial charge is 0.138 e. The summed E-state index contributed by atoms with van der Waals surface area (Å²) in [4.78, 5) is 10.5. The molecule has 0 heterocycles. The lowest BCUT2D eigenvalue weighted by Gasteiger charge is -2.07. The Labute approximate surface area is 105 Å². The Morgan fingerprint density at radius 3 is 2.73 bits per heavy atom. The highest BCUT2D eigenvalue weighted by molar-refractivity contribution is 9.10. The van der Waals surface area contributed by atoms with Crippen LogP contribution in [-0.2, 0) is 4.79 Å². The summed E-state index contributed by atoms with van der Waals surface area (Å²) < 4.78 is 1.02. The van der Waals surface area contributed by atoms with Gasteiger partial charge in [0.1, 0.15) is 6.29 Å². The normalized spacial score (nSPS) is 12.7. The molecule has 2 rings (SSSR count). The van der Waals surface area contributed by atoms with Crippen LogP contribution in [0.15, 0.2) is 40.9 Å². The van der Waals surface area contributed by atoms with Crippen LogP contribution in [0, 0.1) is 0 Å². The van der Waals surface area contributed by atoms with Crippen molar-refractivity contribution in [2.24, 2.45) is 0 Å². The third-order valence-corrected chi connectivity index (χ3v) is 3.50. The Morgan fingerprint density at radius 1 is 1.20 bits per heavy atom. The summed E-state index contributed by atoms with van der Waals surface area (Å²) in [5.74, 6) is 0. The van der Waals surface area contributed by atoms with E-state index >= 15 is 0 Å². The van der Waals surface area contributed by atoms with Crippen LogP contribution < -0.4 is 0 Å². The number of fused-ring (bicyclic) bond motifs is 1. The zero-order chi connectivity index (χ0) is 10.8. The van der Waals surface area contributed by atoms with Gasteiger partial charge in [-0.25, -0.2) is 0 Å².